The van der Waals surface area contributed by atoms with Gasteiger partial charge in [-0.2, -0.15) is 0 Å². The number of hydrogen-bond donors (Lipinski definition) is 1. The lowest BCUT2D eigenvalue weighted by Crippen LogP contribution is -2.36. The number of carbonyl (C=O) groups excluding carboxylic acids is 1. The van der Waals surface area contributed by atoms with Gasteiger partial charge in [-0.3, -0.25) is 4.79 Å². The van der Waals surface area contributed by atoms with Gasteiger partial charge in [0.15, 0.2) is 0 Å². The molecule has 92 valence electrons. The topological polar surface area (TPSA) is 41.6 Å². The van der Waals surface area contributed by atoms with Crippen molar-refractivity contribution >= 4 is 11.6 Å². The lowest BCUT2D eigenvalue weighted by Gasteiger charge is -2.18. The van der Waals surface area contributed by atoms with E-state index in [2.05, 4.69) is 5.32 Å². The highest BCUT2D eigenvalue weighted by Crippen LogP contribution is 2.27. The van der Waals surface area contributed by atoms with Gasteiger partial charge in [0.1, 0.15) is 5.75 Å². The van der Waals surface area contributed by atoms with Gasteiger partial charge in [-0.05, 0) is 44.2 Å². The summed E-state index contributed by atoms with van der Waals surface area (Å²) in [6.45, 7) is 2.76. The van der Waals surface area contributed by atoms with Crippen LogP contribution in [0.1, 0.15) is 12.0 Å². The van der Waals surface area contributed by atoms with Gasteiger partial charge in [-0.25, -0.2) is 0 Å². The summed E-state index contributed by atoms with van der Waals surface area (Å²) in [5.74, 6) is 1.00. The summed E-state index contributed by atoms with van der Waals surface area (Å²) in [5, 5.41) is 3.03. The van der Waals surface area contributed by atoms with E-state index in [1.165, 1.54) is 0 Å². The van der Waals surface area contributed by atoms with Gasteiger partial charge < -0.3 is 15.0 Å². The first kappa shape index (κ1) is 11.9. The lowest BCUT2D eigenvalue weighted by atomic mass is 10.2. The van der Waals surface area contributed by atoms with Crippen molar-refractivity contribution in [2.24, 2.45) is 0 Å². The Morgan fingerprint density at radius 3 is 2.76 bits per heavy atom. The molecule has 0 aromatic heterocycles. The highest BCUT2D eigenvalue weighted by Gasteiger charge is 2.31. The molecule has 1 unspecified atom stereocenters. The molecule has 1 aromatic rings. The van der Waals surface area contributed by atoms with Gasteiger partial charge >= 0.3 is 0 Å². The number of nitrogens with zero attached hydrogens (tertiary/aromatic N) is 1. The number of carbonyl (C=O) groups is 1. The van der Waals surface area contributed by atoms with Crippen molar-refractivity contribution in [3.63, 3.8) is 0 Å². The van der Waals surface area contributed by atoms with Crippen LogP contribution in [-0.4, -0.2) is 32.7 Å². The first-order valence-corrected chi connectivity index (χ1v) is 5.80. The van der Waals surface area contributed by atoms with Gasteiger partial charge in [-0.15, -0.1) is 0 Å². The van der Waals surface area contributed by atoms with Crippen molar-refractivity contribution in [3.05, 3.63) is 23.8 Å². The Bertz CT molecular complexity index is 431. The summed E-state index contributed by atoms with van der Waals surface area (Å²) in [7, 11) is 3.48. The molecule has 0 spiro atoms. The number of benzene rings is 1. The van der Waals surface area contributed by atoms with Crippen LogP contribution >= 0.6 is 0 Å². The maximum Gasteiger partial charge on any atom is 0.244 e. The second kappa shape index (κ2) is 4.75. The van der Waals surface area contributed by atoms with E-state index in [1.807, 2.05) is 37.1 Å². The standard InChI is InChI=1S/C13H18N2O2/c1-9-8-10(4-5-12(9)17-3)15-7-6-11(14-2)13(15)16/h4-5,8,11,14H,6-7H2,1-3H3. The monoisotopic (exact) mass is 234 g/mol. The number of hydrogen-bond acceptors (Lipinski definition) is 3. The summed E-state index contributed by atoms with van der Waals surface area (Å²) in [6.07, 6.45) is 0.862. The third-order valence-electron chi connectivity index (χ3n) is 3.24. The molecule has 1 heterocycles. The SMILES string of the molecule is CNC1CCN(c2ccc(OC)c(C)c2)C1=O. The number of likely N-dealkylation sites (N-methyl/N-ethyl adjacent to an activating group) is 1. The molecule has 0 saturated carbocycles. The van der Waals surface area contributed by atoms with E-state index in [1.54, 1.807) is 7.11 Å². The van der Waals surface area contributed by atoms with Crippen LogP contribution in [0.3, 0.4) is 0 Å². The normalized spacial score (nSPS) is 19.8. The smallest absolute Gasteiger partial charge is 0.244 e. The predicted octanol–water partition coefficient (Wildman–Crippen LogP) is 1.33. The van der Waals surface area contributed by atoms with E-state index in [4.69, 9.17) is 4.74 Å². The molecule has 1 aromatic carbocycles. The highest BCUT2D eigenvalue weighted by atomic mass is 16.5. The van der Waals surface area contributed by atoms with Crippen LogP contribution in [0.4, 0.5) is 5.69 Å². The van der Waals surface area contributed by atoms with E-state index in [9.17, 15) is 4.79 Å². The van der Waals surface area contributed by atoms with Crippen LogP contribution in [0.5, 0.6) is 5.75 Å². The maximum atomic E-state index is 12.0. The maximum absolute atomic E-state index is 12.0. The minimum Gasteiger partial charge on any atom is -0.496 e. The quantitative estimate of drug-likeness (QED) is 0.858. The van der Waals surface area contributed by atoms with Crippen LogP contribution in [0.25, 0.3) is 0 Å². The first-order chi connectivity index (χ1) is 8.17. The molecular formula is C13H18N2O2. The van der Waals surface area contributed by atoms with Crippen LogP contribution in [0, 0.1) is 6.92 Å². The van der Waals surface area contributed by atoms with Gasteiger partial charge in [-0.1, -0.05) is 0 Å². The zero-order valence-corrected chi connectivity index (χ0v) is 10.5. The van der Waals surface area contributed by atoms with E-state index in [0.717, 1.165) is 30.0 Å². The molecule has 1 amide bonds. The van der Waals surface area contributed by atoms with Crippen LogP contribution in [0.2, 0.25) is 0 Å². The molecule has 1 fully saturated rings. The Morgan fingerprint density at radius 2 is 2.24 bits per heavy atom. The summed E-state index contributed by atoms with van der Waals surface area (Å²) in [4.78, 5) is 13.9. The fourth-order valence-corrected chi connectivity index (χ4v) is 2.23. The molecule has 2 rings (SSSR count). The molecule has 0 bridgehead atoms. The molecular weight excluding hydrogens is 216 g/mol. The fraction of sp³-hybridized carbons (Fsp3) is 0.462. The second-order valence-electron chi connectivity index (χ2n) is 4.27. The Labute approximate surface area is 102 Å². The predicted molar refractivity (Wildman–Crippen MR) is 67.5 cm³/mol. The van der Waals surface area contributed by atoms with Crippen molar-refractivity contribution in [2.75, 3.05) is 25.6 Å². The number of anilines is 1. The van der Waals surface area contributed by atoms with E-state index < -0.39 is 0 Å². The minimum absolute atomic E-state index is 0.0441. The number of aryl methyl sites for hydroxylation is 1. The molecule has 0 aliphatic carbocycles. The zero-order chi connectivity index (χ0) is 12.4. The summed E-state index contributed by atoms with van der Waals surface area (Å²) >= 11 is 0. The number of rotatable bonds is 3. The molecule has 0 radical (unpaired) electrons. The summed E-state index contributed by atoms with van der Waals surface area (Å²) in [5.41, 5.74) is 2.00. The number of nitrogens with one attached hydrogen (secondary N) is 1. The van der Waals surface area contributed by atoms with Gasteiger partial charge in [0.05, 0.1) is 13.2 Å². The van der Waals surface area contributed by atoms with Gasteiger partial charge in [0.25, 0.3) is 0 Å². The van der Waals surface area contributed by atoms with E-state index >= 15 is 0 Å². The number of amides is 1. The lowest BCUT2D eigenvalue weighted by molar-refractivity contribution is -0.118. The Morgan fingerprint density at radius 1 is 1.47 bits per heavy atom. The molecule has 1 saturated heterocycles. The molecule has 1 N–H and O–H groups in total. The van der Waals surface area contributed by atoms with Crippen molar-refractivity contribution in [3.8, 4) is 5.75 Å². The molecule has 1 aliphatic heterocycles. The fourth-order valence-electron chi connectivity index (χ4n) is 2.23. The van der Waals surface area contributed by atoms with Crippen molar-refractivity contribution in [1.82, 2.24) is 5.32 Å². The largest absolute Gasteiger partial charge is 0.496 e. The molecule has 4 heteroatoms. The highest BCUT2D eigenvalue weighted by molar-refractivity contribution is 5.99. The Kier molecular flexibility index (Phi) is 3.33. The zero-order valence-electron chi connectivity index (χ0n) is 10.5. The van der Waals surface area contributed by atoms with Crippen LogP contribution < -0.4 is 15.0 Å². The van der Waals surface area contributed by atoms with Gasteiger partial charge in [0, 0.05) is 12.2 Å². The number of methoxy groups -OCH3 is 1. The third-order valence-corrected chi connectivity index (χ3v) is 3.24. The summed E-state index contributed by atoms with van der Waals surface area (Å²) < 4.78 is 5.22. The average Bonchev–Trinajstić information content (AvgIpc) is 2.70. The Hall–Kier alpha value is -1.55. The van der Waals surface area contributed by atoms with E-state index in [-0.39, 0.29) is 11.9 Å². The second-order valence-corrected chi connectivity index (χ2v) is 4.27. The molecule has 1 aliphatic rings. The van der Waals surface area contributed by atoms with Gasteiger partial charge in [0.2, 0.25) is 5.91 Å². The first-order valence-electron chi connectivity index (χ1n) is 5.80. The van der Waals surface area contributed by atoms with E-state index in [0.29, 0.717) is 0 Å². The van der Waals surface area contributed by atoms with Crippen LogP contribution in [0.15, 0.2) is 18.2 Å². The molecule has 1 atom stereocenters. The Balaban J connectivity index is 2.24. The van der Waals surface area contributed by atoms with Crippen molar-refractivity contribution in [2.45, 2.75) is 19.4 Å². The third kappa shape index (κ3) is 2.13. The molecule has 4 nitrogen and oxygen atoms in total. The minimum atomic E-state index is -0.0441. The van der Waals surface area contributed by atoms with Crippen molar-refractivity contribution < 1.29 is 9.53 Å². The summed E-state index contributed by atoms with van der Waals surface area (Å²) in [6, 6.07) is 5.79. The van der Waals surface area contributed by atoms with Crippen LogP contribution in [-0.2, 0) is 4.79 Å². The van der Waals surface area contributed by atoms with Crippen molar-refractivity contribution in [1.29, 1.82) is 0 Å². The number of ether oxygens (including phenoxy) is 1. The molecule has 17 heavy (non-hydrogen) atoms. The average molecular weight is 234 g/mol.